The van der Waals surface area contributed by atoms with E-state index in [1.165, 1.54) is 11.3 Å². The van der Waals surface area contributed by atoms with Crippen molar-refractivity contribution in [1.29, 1.82) is 0 Å². The summed E-state index contributed by atoms with van der Waals surface area (Å²) in [6.45, 7) is 5.30. The molecule has 5 nitrogen and oxygen atoms in total. The van der Waals surface area contributed by atoms with E-state index in [1.807, 2.05) is 12.1 Å². The zero-order chi connectivity index (χ0) is 12.1. The summed E-state index contributed by atoms with van der Waals surface area (Å²) in [6.07, 6.45) is 1.62. The molecule has 0 amide bonds. The van der Waals surface area contributed by atoms with Crippen LogP contribution in [0, 0.1) is 0 Å². The summed E-state index contributed by atoms with van der Waals surface area (Å²) in [5.41, 5.74) is 0. The first-order valence-corrected chi connectivity index (χ1v) is 6.26. The summed E-state index contributed by atoms with van der Waals surface area (Å²) >= 11 is 1.45. The number of rotatable bonds is 6. The number of nitrogens with one attached hydrogen (secondary N) is 1. The molecule has 17 heavy (non-hydrogen) atoms. The number of hydrogen-bond donors (Lipinski definition) is 1. The van der Waals surface area contributed by atoms with Crippen LogP contribution in [-0.2, 0) is 13.2 Å². The molecule has 0 aliphatic rings. The third-order valence-corrected chi connectivity index (χ3v) is 2.86. The first kappa shape index (κ1) is 12.1. The molecule has 0 aromatic carbocycles. The standard InChI is InChI=1S/C11H15N3O2S/c1-8(2)12-6-10-13-14-11(17-10)16-7-9-4-3-5-15-9/h3-5,8,12H,6-7H2,1-2H3. The van der Waals surface area contributed by atoms with Crippen molar-refractivity contribution in [3.8, 4) is 5.19 Å². The monoisotopic (exact) mass is 253 g/mol. The quantitative estimate of drug-likeness (QED) is 0.855. The smallest absolute Gasteiger partial charge is 0.294 e. The Labute approximate surface area is 104 Å². The minimum atomic E-state index is 0.388. The molecule has 0 aliphatic heterocycles. The molecular formula is C11H15N3O2S. The van der Waals surface area contributed by atoms with E-state index in [0.29, 0.717) is 17.8 Å². The van der Waals surface area contributed by atoms with Gasteiger partial charge >= 0.3 is 0 Å². The largest absolute Gasteiger partial charge is 0.466 e. The number of nitrogens with zero attached hydrogens (tertiary/aromatic N) is 2. The van der Waals surface area contributed by atoms with Crippen LogP contribution in [0.25, 0.3) is 0 Å². The lowest BCUT2D eigenvalue weighted by Crippen LogP contribution is -2.21. The van der Waals surface area contributed by atoms with Gasteiger partial charge in [0.05, 0.1) is 12.8 Å². The van der Waals surface area contributed by atoms with Gasteiger partial charge in [-0.05, 0) is 12.1 Å². The maximum absolute atomic E-state index is 5.46. The number of furan rings is 1. The molecular weight excluding hydrogens is 238 g/mol. The van der Waals surface area contributed by atoms with Crippen molar-refractivity contribution in [2.75, 3.05) is 0 Å². The van der Waals surface area contributed by atoms with E-state index in [9.17, 15) is 0 Å². The predicted octanol–water partition coefficient (Wildman–Crippen LogP) is 2.21. The molecule has 0 unspecified atom stereocenters. The third-order valence-electron chi connectivity index (χ3n) is 2.03. The highest BCUT2D eigenvalue weighted by Gasteiger charge is 2.06. The molecule has 2 heterocycles. The highest BCUT2D eigenvalue weighted by atomic mass is 32.1. The van der Waals surface area contributed by atoms with Crippen LogP contribution >= 0.6 is 11.3 Å². The van der Waals surface area contributed by atoms with Crippen LogP contribution in [0.1, 0.15) is 24.6 Å². The van der Waals surface area contributed by atoms with Gasteiger partial charge in [0.15, 0.2) is 0 Å². The Hall–Kier alpha value is -1.40. The number of hydrogen-bond acceptors (Lipinski definition) is 6. The van der Waals surface area contributed by atoms with Crippen LogP contribution in [-0.4, -0.2) is 16.2 Å². The van der Waals surface area contributed by atoms with Gasteiger partial charge in [-0.2, -0.15) is 0 Å². The Morgan fingerprint density at radius 2 is 2.35 bits per heavy atom. The van der Waals surface area contributed by atoms with Gasteiger partial charge in [0, 0.05) is 6.04 Å². The van der Waals surface area contributed by atoms with Gasteiger partial charge in [0.2, 0.25) is 0 Å². The van der Waals surface area contributed by atoms with Gasteiger partial charge in [0.1, 0.15) is 17.4 Å². The second-order valence-corrected chi connectivity index (χ2v) is 4.89. The van der Waals surface area contributed by atoms with Crippen molar-refractivity contribution in [3.05, 3.63) is 29.2 Å². The molecule has 0 saturated carbocycles. The highest BCUT2D eigenvalue weighted by molar-refractivity contribution is 7.13. The van der Waals surface area contributed by atoms with Crippen molar-refractivity contribution < 1.29 is 9.15 Å². The van der Waals surface area contributed by atoms with Gasteiger partial charge < -0.3 is 14.5 Å². The first-order chi connectivity index (χ1) is 8.24. The topological polar surface area (TPSA) is 60.2 Å². The van der Waals surface area contributed by atoms with Crippen molar-refractivity contribution in [2.24, 2.45) is 0 Å². The van der Waals surface area contributed by atoms with Crippen LogP contribution in [0.2, 0.25) is 0 Å². The van der Waals surface area contributed by atoms with E-state index >= 15 is 0 Å². The molecule has 0 saturated heterocycles. The molecule has 2 aromatic heterocycles. The van der Waals surface area contributed by atoms with E-state index in [2.05, 4.69) is 29.4 Å². The molecule has 0 spiro atoms. The molecule has 0 radical (unpaired) electrons. The van der Waals surface area contributed by atoms with E-state index in [1.54, 1.807) is 6.26 Å². The average Bonchev–Trinajstić information content (AvgIpc) is 2.95. The van der Waals surface area contributed by atoms with E-state index in [0.717, 1.165) is 17.3 Å². The van der Waals surface area contributed by atoms with Crippen LogP contribution < -0.4 is 10.1 Å². The molecule has 2 rings (SSSR count). The zero-order valence-electron chi connectivity index (χ0n) is 9.84. The first-order valence-electron chi connectivity index (χ1n) is 5.45. The zero-order valence-corrected chi connectivity index (χ0v) is 10.7. The van der Waals surface area contributed by atoms with Crippen molar-refractivity contribution in [3.63, 3.8) is 0 Å². The summed E-state index contributed by atoms with van der Waals surface area (Å²) in [5.74, 6) is 0.780. The van der Waals surface area contributed by atoms with E-state index < -0.39 is 0 Å². The van der Waals surface area contributed by atoms with Crippen LogP contribution in [0.4, 0.5) is 0 Å². The minimum Gasteiger partial charge on any atom is -0.466 e. The summed E-state index contributed by atoms with van der Waals surface area (Å²) in [4.78, 5) is 0. The predicted molar refractivity (Wildman–Crippen MR) is 64.9 cm³/mol. The fraction of sp³-hybridized carbons (Fsp3) is 0.455. The fourth-order valence-electron chi connectivity index (χ4n) is 1.19. The maximum atomic E-state index is 5.46. The lowest BCUT2D eigenvalue weighted by atomic mass is 10.4. The summed E-state index contributed by atoms with van der Waals surface area (Å²) < 4.78 is 10.6. The van der Waals surface area contributed by atoms with Crippen molar-refractivity contribution in [2.45, 2.75) is 33.0 Å². The maximum Gasteiger partial charge on any atom is 0.294 e. The van der Waals surface area contributed by atoms with Crippen LogP contribution in [0.3, 0.4) is 0 Å². The normalized spacial score (nSPS) is 11.0. The fourth-order valence-corrected chi connectivity index (χ4v) is 1.83. The van der Waals surface area contributed by atoms with Crippen LogP contribution in [0.5, 0.6) is 5.19 Å². The Morgan fingerprint density at radius 3 is 3.06 bits per heavy atom. The third kappa shape index (κ3) is 3.83. The van der Waals surface area contributed by atoms with Gasteiger partial charge in [0.25, 0.3) is 5.19 Å². The number of ether oxygens (including phenoxy) is 1. The summed E-state index contributed by atoms with van der Waals surface area (Å²) in [5, 5.41) is 12.8. The lowest BCUT2D eigenvalue weighted by Gasteiger charge is -2.03. The number of aromatic nitrogens is 2. The summed E-state index contributed by atoms with van der Waals surface area (Å²) in [6, 6.07) is 4.13. The molecule has 0 aliphatic carbocycles. The molecule has 2 aromatic rings. The Morgan fingerprint density at radius 1 is 1.47 bits per heavy atom. The molecule has 92 valence electrons. The molecule has 0 atom stereocenters. The average molecular weight is 253 g/mol. The Balaban J connectivity index is 1.81. The van der Waals surface area contributed by atoms with Gasteiger partial charge in [-0.3, -0.25) is 0 Å². The Kier molecular flexibility index (Phi) is 4.11. The van der Waals surface area contributed by atoms with Gasteiger partial charge in [-0.1, -0.05) is 30.3 Å². The SMILES string of the molecule is CC(C)NCc1nnc(OCc2ccco2)s1. The minimum absolute atomic E-state index is 0.388. The Bertz CT molecular complexity index is 439. The van der Waals surface area contributed by atoms with E-state index in [4.69, 9.17) is 9.15 Å². The second-order valence-electron chi connectivity index (χ2n) is 3.87. The van der Waals surface area contributed by atoms with Crippen molar-refractivity contribution in [1.82, 2.24) is 15.5 Å². The van der Waals surface area contributed by atoms with Crippen LogP contribution in [0.15, 0.2) is 22.8 Å². The molecule has 0 fully saturated rings. The molecule has 0 bridgehead atoms. The second kappa shape index (κ2) is 5.79. The lowest BCUT2D eigenvalue weighted by molar-refractivity contribution is 0.267. The molecule has 1 N–H and O–H groups in total. The van der Waals surface area contributed by atoms with E-state index in [-0.39, 0.29) is 0 Å². The van der Waals surface area contributed by atoms with Gasteiger partial charge in [-0.15, -0.1) is 5.10 Å². The molecule has 6 heteroatoms. The summed E-state index contributed by atoms with van der Waals surface area (Å²) in [7, 11) is 0. The van der Waals surface area contributed by atoms with Crippen molar-refractivity contribution >= 4 is 11.3 Å². The highest BCUT2D eigenvalue weighted by Crippen LogP contribution is 2.19. The van der Waals surface area contributed by atoms with Gasteiger partial charge in [-0.25, -0.2) is 0 Å².